The smallest absolute Gasteiger partial charge is 0.255 e. The van der Waals surface area contributed by atoms with Crippen molar-refractivity contribution in [2.24, 2.45) is 0 Å². The topological polar surface area (TPSA) is 60.1 Å². The Kier molecular flexibility index (Phi) is 3.39. The summed E-state index contributed by atoms with van der Waals surface area (Å²) in [6.45, 7) is 1.78. The summed E-state index contributed by atoms with van der Waals surface area (Å²) in [4.78, 5) is 16.9. The molecule has 0 aliphatic rings. The summed E-state index contributed by atoms with van der Waals surface area (Å²) in [5.41, 5.74) is 3.44. The molecule has 0 saturated carbocycles. The number of oxazole rings is 1. The van der Waals surface area contributed by atoms with Crippen molar-refractivity contribution in [3.8, 4) is 5.69 Å². The fourth-order valence-corrected chi connectivity index (χ4v) is 2.67. The Hall–Kier alpha value is -3.34. The standard InChI is InChI=1S/C19H15N3O2/c1-13-20-16-8-5-9-17(18(16)24-13)21-19(23)14-6-4-7-15(12-14)22-10-2-3-11-22/h2-12H,1H3,(H,21,23). The average molecular weight is 317 g/mol. The van der Waals surface area contributed by atoms with Crippen LogP contribution in [0.4, 0.5) is 5.69 Å². The number of nitrogens with zero attached hydrogens (tertiary/aromatic N) is 2. The zero-order chi connectivity index (χ0) is 16.5. The van der Waals surface area contributed by atoms with Gasteiger partial charge in [-0.05, 0) is 42.5 Å². The Morgan fingerprint density at radius 3 is 2.71 bits per heavy atom. The number of hydrogen-bond donors (Lipinski definition) is 1. The molecule has 2 heterocycles. The molecule has 0 bridgehead atoms. The third-order valence-electron chi connectivity index (χ3n) is 3.78. The second kappa shape index (κ2) is 5.70. The van der Waals surface area contributed by atoms with Gasteiger partial charge in [-0.3, -0.25) is 4.79 Å². The first-order chi connectivity index (χ1) is 11.7. The maximum absolute atomic E-state index is 12.6. The third kappa shape index (κ3) is 2.56. The number of para-hydroxylation sites is 1. The molecule has 5 nitrogen and oxygen atoms in total. The Morgan fingerprint density at radius 1 is 1.08 bits per heavy atom. The van der Waals surface area contributed by atoms with Crippen molar-refractivity contribution in [1.82, 2.24) is 9.55 Å². The molecule has 0 unspecified atom stereocenters. The Bertz CT molecular complexity index is 1020. The van der Waals surface area contributed by atoms with E-state index in [9.17, 15) is 4.79 Å². The maximum atomic E-state index is 12.6. The van der Waals surface area contributed by atoms with Crippen LogP contribution < -0.4 is 5.32 Å². The zero-order valence-electron chi connectivity index (χ0n) is 13.1. The van der Waals surface area contributed by atoms with Gasteiger partial charge in [0.2, 0.25) is 0 Å². The van der Waals surface area contributed by atoms with Crippen LogP contribution >= 0.6 is 0 Å². The van der Waals surface area contributed by atoms with Gasteiger partial charge in [-0.15, -0.1) is 0 Å². The van der Waals surface area contributed by atoms with Gasteiger partial charge in [0, 0.05) is 30.6 Å². The predicted molar refractivity (Wildman–Crippen MR) is 92.5 cm³/mol. The lowest BCUT2D eigenvalue weighted by Gasteiger charge is -2.08. The molecule has 0 fully saturated rings. The predicted octanol–water partition coefficient (Wildman–Crippen LogP) is 4.18. The molecule has 4 rings (SSSR count). The van der Waals surface area contributed by atoms with Gasteiger partial charge < -0.3 is 14.3 Å². The summed E-state index contributed by atoms with van der Waals surface area (Å²) in [6.07, 6.45) is 3.88. The molecule has 0 radical (unpaired) electrons. The summed E-state index contributed by atoms with van der Waals surface area (Å²) in [7, 11) is 0. The lowest BCUT2D eigenvalue weighted by atomic mass is 10.1. The van der Waals surface area contributed by atoms with Crippen LogP contribution in [0, 0.1) is 6.92 Å². The van der Waals surface area contributed by atoms with E-state index < -0.39 is 0 Å². The summed E-state index contributed by atoms with van der Waals surface area (Å²) in [6, 6.07) is 16.8. The number of aryl methyl sites for hydroxylation is 1. The van der Waals surface area contributed by atoms with E-state index in [1.807, 2.05) is 59.4 Å². The van der Waals surface area contributed by atoms with Crippen molar-refractivity contribution in [3.63, 3.8) is 0 Å². The van der Waals surface area contributed by atoms with Gasteiger partial charge in [0.15, 0.2) is 11.5 Å². The fourth-order valence-electron chi connectivity index (χ4n) is 2.67. The molecule has 0 atom stereocenters. The number of carbonyl (C=O) groups excluding carboxylic acids is 1. The van der Waals surface area contributed by atoms with Crippen molar-refractivity contribution in [2.45, 2.75) is 6.92 Å². The number of hydrogen-bond acceptors (Lipinski definition) is 3. The third-order valence-corrected chi connectivity index (χ3v) is 3.78. The first-order valence-electron chi connectivity index (χ1n) is 7.61. The molecule has 118 valence electrons. The zero-order valence-corrected chi connectivity index (χ0v) is 13.1. The highest BCUT2D eigenvalue weighted by Crippen LogP contribution is 2.24. The van der Waals surface area contributed by atoms with Crippen LogP contribution in [-0.4, -0.2) is 15.5 Å². The van der Waals surface area contributed by atoms with Crippen molar-refractivity contribution >= 4 is 22.7 Å². The van der Waals surface area contributed by atoms with Crippen LogP contribution in [0.25, 0.3) is 16.8 Å². The molecule has 5 heteroatoms. The van der Waals surface area contributed by atoms with E-state index in [-0.39, 0.29) is 5.91 Å². The number of amides is 1. The highest BCUT2D eigenvalue weighted by Gasteiger charge is 2.12. The molecule has 1 N–H and O–H groups in total. The first kappa shape index (κ1) is 14.3. The SMILES string of the molecule is Cc1nc2cccc(NC(=O)c3cccc(-n4cccc4)c3)c2o1. The minimum atomic E-state index is -0.189. The van der Waals surface area contributed by atoms with Crippen LogP contribution in [0.15, 0.2) is 71.4 Å². The van der Waals surface area contributed by atoms with Crippen molar-refractivity contribution in [1.29, 1.82) is 0 Å². The number of anilines is 1. The summed E-state index contributed by atoms with van der Waals surface area (Å²) >= 11 is 0. The first-order valence-corrected chi connectivity index (χ1v) is 7.61. The fraction of sp³-hybridized carbons (Fsp3) is 0.0526. The van der Waals surface area contributed by atoms with E-state index in [2.05, 4.69) is 10.3 Å². The van der Waals surface area contributed by atoms with Crippen LogP contribution in [-0.2, 0) is 0 Å². The molecule has 2 aromatic carbocycles. The van der Waals surface area contributed by atoms with E-state index in [1.165, 1.54) is 0 Å². The Labute approximate surface area is 138 Å². The average Bonchev–Trinajstić information content (AvgIpc) is 3.24. The lowest BCUT2D eigenvalue weighted by molar-refractivity contribution is 0.102. The van der Waals surface area contributed by atoms with E-state index in [4.69, 9.17) is 4.42 Å². The summed E-state index contributed by atoms with van der Waals surface area (Å²) < 4.78 is 7.54. The second-order valence-corrected chi connectivity index (χ2v) is 5.48. The largest absolute Gasteiger partial charge is 0.439 e. The molecule has 24 heavy (non-hydrogen) atoms. The van der Waals surface area contributed by atoms with Gasteiger partial charge in [-0.2, -0.15) is 0 Å². The van der Waals surface area contributed by atoms with Gasteiger partial charge in [0.1, 0.15) is 5.52 Å². The highest BCUT2D eigenvalue weighted by atomic mass is 16.3. The van der Waals surface area contributed by atoms with Crippen molar-refractivity contribution in [3.05, 3.63) is 78.4 Å². The minimum absolute atomic E-state index is 0.189. The number of fused-ring (bicyclic) bond motifs is 1. The van der Waals surface area contributed by atoms with Gasteiger partial charge in [-0.25, -0.2) is 4.98 Å². The van der Waals surface area contributed by atoms with Gasteiger partial charge in [0.25, 0.3) is 5.91 Å². The van der Waals surface area contributed by atoms with Crippen LogP contribution in [0.5, 0.6) is 0 Å². The van der Waals surface area contributed by atoms with Crippen molar-refractivity contribution < 1.29 is 9.21 Å². The Morgan fingerprint density at radius 2 is 1.88 bits per heavy atom. The summed E-state index contributed by atoms with van der Waals surface area (Å²) in [5, 5.41) is 2.91. The number of benzene rings is 2. The molecule has 4 aromatic rings. The molecular weight excluding hydrogens is 302 g/mol. The Balaban J connectivity index is 1.65. The van der Waals surface area contributed by atoms with E-state index in [1.54, 1.807) is 19.1 Å². The van der Waals surface area contributed by atoms with E-state index in [0.29, 0.717) is 22.7 Å². The van der Waals surface area contributed by atoms with Crippen molar-refractivity contribution in [2.75, 3.05) is 5.32 Å². The normalized spacial score (nSPS) is 10.9. The second-order valence-electron chi connectivity index (χ2n) is 5.48. The molecule has 2 aromatic heterocycles. The molecule has 0 spiro atoms. The number of rotatable bonds is 3. The number of carbonyl (C=O) groups is 1. The molecular formula is C19H15N3O2. The van der Waals surface area contributed by atoms with E-state index >= 15 is 0 Å². The van der Waals surface area contributed by atoms with Gasteiger partial charge >= 0.3 is 0 Å². The molecule has 1 amide bonds. The lowest BCUT2D eigenvalue weighted by Crippen LogP contribution is -2.12. The number of aromatic nitrogens is 2. The monoisotopic (exact) mass is 317 g/mol. The van der Waals surface area contributed by atoms with Crippen LogP contribution in [0.2, 0.25) is 0 Å². The van der Waals surface area contributed by atoms with Gasteiger partial charge in [0.05, 0.1) is 5.69 Å². The highest BCUT2D eigenvalue weighted by molar-refractivity contribution is 6.07. The van der Waals surface area contributed by atoms with Crippen LogP contribution in [0.3, 0.4) is 0 Å². The quantitative estimate of drug-likeness (QED) is 0.616. The minimum Gasteiger partial charge on any atom is -0.439 e. The van der Waals surface area contributed by atoms with Gasteiger partial charge in [-0.1, -0.05) is 12.1 Å². The molecule has 0 aliphatic carbocycles. The van der Waals surface area contributed by atoms with E-state index in [0.717, 1.165) is 11.2 Å². The molecule has 0 aliphatic heterocycles. The summed E-state index contributed by atoms with van der Waals surface area (Å²) in [5.74, 6) is 0.381. The van der Waals surface area contributed by atoms with Crippen LogP contribution in [0.1, 0.15) is 16.2 Å². The maximum Gasteiger partial charge on any atom is 0.255 e. The molecule has 0 saturated heterocycles. The number of nitrogens with one attached hydrogen (secondary N) is 1.